The van der Waals surface area contributed by atoms with Crippen molar-refractivity contribution < 1.29 is 9.21 Å². The molecule has 0 aliphatic rings. The summed E-state index contributed by atoms with van der Waals surface area (Å²) in [7, 11) is 0. The minimum Gasteiger partial charge on any atom is -0.448 e. The number of amides is 1. The quantitative estimate of drug-likeness (QED) is 0.899. The number of nitrogens with one attached hydrogen (secondary N) is 1. The molecular formula is C15H16Cl2N2O2. The third-order valence-electron chi connectivity index (χ3n) is 2.80. The smallest absolute Gasteiger partial charge is 0.273 e. The molecule has 0 saturated heterocycles. The van der Waals surface area contributed by atoms with Crippen molar-refractivity contribution in [3.05, 3.63) is 51.7 Å². The van der Waals surface area contributed by atoms with Gasteiger partial charge in [0, 0.05) is 13.0 Å². The molecule has 4 nitrogen and oxygen atoms in total. The molecule has 0 aliphatic heterocycles. The lowest BCUT2D eigenvalue weighted by Crippen LogP contribution is -2.23. The first-order chi connectivity index (χ1) is 9.95. The maximum Gasteiger partial charge on any atom is 0.273 e. The van der Waals surface area contributed by atoms with Crippen molar-refractivity contribution in [1.82, 2.24) is 10.3 Å². The summed E-state index contributed by atoms with van der Waals surface area (Å²) in [6.07, 6.45) is 2.09. The van der Waals surface area contributed by atoms with Crippen LogP contribution < -0.4 is 5.32 Å². The lowest BCUT2D eigenvalue weighted by Gasteiger charge is -2.04. The Balaban J connectivity index is 1.95. The summed E-state index contributed by atoms with van der Waals surface area (Å²) in [6, 6.07) is 5.22. The first kappa shape index (κ1) is 15.9. The van der Waals surface area contributed by atoms with Crippen molar-refractivity contribution in [3.8, 4) is 0 Å². The highest BCUT2D eigenvalue weighted by molar-refractivity contribution is 6.42. The second-order valence-electron chi connectivity index (χ2n) is 5.16. The lowest BCUT2D eigenvalue weighted by molar-refractivity contribution is 0.0946. The van der Waals surface area contributed by atoms with E-state index in [0.717, 1.165) is 5.56 Å². The van der Waals surface area contributed by atoms with Gasteiger partial charge < -0.3 is 9.73 Å². The molecule has 1 aromatic carbocycles. The number of nitrogens with zero attached hydrogens (tertiary/aromatic N) is 1. The van der Waals surface area contributed by atoms with Gasteiger partial charge in [-0.1, -0.05) is 43.1 Å². The van der Waals surface area contributed by atoms with Crippen LogP contribution in [0.5, 0.6) is 0 Å². The van der Waals surface area contributed by atoms with Gasteiger partial charge >= 0.3 is 0 Å². The van der Waals surface area contributed by atoms with Crippen LogP contribution in [0.2, 0.25) is 10.0 Å². The standard InChI is InChI=1S/C15H16Cl2N2O2/c1-9(2)5-14-19-13(8-21-14)15(20)18-7-10-3-4-11(16)12(17)6-10/h3-4,6,8-9H,5,7H2,1-2H3,(H,18,20). The molecule has 1 amide bonds. The molecule has 0 aliphatic carbocycles. The van der Waals surface area contributed by atoms with Gasteiger partial charge in [-0.2, -0.15) is 0 Å². The highest BCUT2D eigenvalue weighted by atomic mass is 35.5. The minimum absolute atomic E-state index is 0.278. The van der Waals surface area contributed by atoms with Crippen LogP contribution in [0.4, 0.5) is 0 Å². The van der Waals surface area contributed by atoms with E-state index < -0.39 is 0 Å². The number of carbonyl (C=O) groups is 1. The summed E-state index contributed by atoms with van der Waals surface area (Å²) in [6.45, 7) is 4.48. The molecule has 0 spiro atoms. The van der Waals surface area contributed by atoms with Gasteiger partial charge in [-0.25, -0.2) is 4.98 Å². The van der Waals surface area contributed by atoms with Crippen LogP contribution in [0.15, 0.2) is 28.9 Å². The first-order valence-corrected chi connectivity index (χ1v) is 7.38. The van der Waals surface area contributed by atoms with Crippen LogP contribution in [0.1, 0.15) is 35.8 Å². The van der Waals surface area contributed by atoms with Crippen LogP contribution >= 0.6 is 23.2 Å². The van der Waals surface area contributed by atoms with Crippen LogP contribution in [-0.4, -0.2) is 10.9 Å². The molecule has 1 N–H and O–H groups in total. The van der Waals surface area contributed by atoms with Crippen molar-refractivity contribution in [3.63, 3.8) is 0 Å². The Morgan fingerprint density at radius 3 is 2.76 bits per heavy atom. The number of rotatable bonds is 5. The Hall–Kier alpha value is -1.52. The van der Waals surface area contributed by atoms with Crippen LogP contribution in [0, 0.1) is 5.92 Å². The molecule has 1 heterocycles. The van der Waals surface area contributed by atoms with E-state index in [-0.39, 0.29) is 11.6 Å². The van der Waals surface area contributed by atoms with E-state index in [1.54, 1.807) is 12.1 Å². The third kappa shape index (κ3) is 4.48. The van der Waals surface area contributed by atoms with Gasteiger partial charge in [-0.15, -0.1) is 0 Å². The Kier molecular flexibility index (Phi) is 5.26. The average Bonchev–Trinajstić information content (AvgIpc) is 2.87. The van der Waals surface area contributed by atoms with Gasteiger partial charge in [0.05, 0.1) is 10.0 Å². The first-order valence-electron chi connectivity index (χ1n) is 6.62. The molecule has 0 unspecified atom stereocenters. The fourth-order valence-corrected chi connectivity index (χ4v) is 2.10. The number of oxazole rings is 1. The van der Waals surface area contributed by atoms with Crippen molar-refractivity contribution in [2.75, 3.05) is 0 Å². The molecular weight excluding hydrogens is 311 g/mol. The number of hydrogen-bond donors (Lipinski definition) is 1. The molecule has 0 fully saturated rings. The van der Waals surface area contributed by atoms with E-state index >= 15 is 0 Å². The summed E-state index contributed by atoms with van der Waals surface area (Å²) >= 11 is 11.8. The average molecular weight is 327 g/mol. The van der Waals surface area contributed by atoms with E-state index in [2.05, 4.69) is 24.1 Å². The lowest BCUT2D eigenvalue weighted by atomic mass is 10.1. The second kappa shape index (κ2) is 6.96. The minimum atomic E-state index is -0.278. The molecule has 0 atom stereocenters. The fourth-order valence-electron chi connectivity index (χ4n) is 1.78. The van der Waals surface area contributed by atoms with E-state index in [4.69, 9.17) is 27.6 Å². The van der Waals surface area contributed by atoms with Gasteiger partial charge in [0.1, 0.15) is 6.26 Å². The maximum absolute atomic E-state index is 12.0. The molecule has 0 saturated carbocycles. The third-order valence-corrected chi connectivity index (χ3v) is 3.54. The van der Waals surface area contributed by atoms with E-state index in [0.29, 0.717) is 34.8 Å². The fraction of sp³-hybridized carbons (Fsp3) is 0.333. The zero-order valence-corrected chi connectivity index (χ0v) is 13.3. The van der Waals surface area contributed by atoms with Crippen LogP contribution in [0.3, 0.4) is 0 Å². The van der Waals surface area contributed by atoms with Gasteiger partial charge in [-0.3, -0.25) is 4.79 Å². The van der Waals surface area contributed by atoms with Gasteiger partial charge in [0.25, 0.3) is 5.91 Å². The van der Waals surface area contributed by atoms with Gasteiger partial charge in [-0.05, 0) is 23.6 Å². The number of aromatic nitrogens is 1. The zero-order valence-electron chi connectivity index (χ0n) is 11.8. The van der Waals surface area contributed by atoms with Crippen LogP contribution in [0.25, 0.3) is 0 Å². The summed E-state index contributed by atoms with van der Waals surface area (Å²) in [5, 5.41) is 3.72. The van der Waals surface area contributed by atoms with E-state index in [9.17, 15) is 4.79 Å². The Bertz CT molecular complexity index is 638. The predicted octanol–water partition coefficient (Wildman–Crippen LogP) is 4.11. The van der Waals surface area contributed by atoms with E-state index in [1.165, 1.54) is 6.26 Å². The summed E-state index contributed by atoms with van der Waals surface area (Å²) in [5.41, 5.74) is 1.15. The van der Waals surface area contributed by atoms with Gasteiger partial charge in [0.2, 0.25) is 0 Å². The zero-order chi connectivity index (χ0) is 15.4. The Morgan fingerprint density at radius 2 is 2.10 bits per heavy atom. The number of carbonyl (C=O) groups excluding carboxylic acids is 1. The predicted molar refractivity (Wildman–Crippen MR) is 82.7 cm³/mol. The number of benzene rings is 1. The molecule has 2 rings (SSSR count). The largest absolute Gasteiger partial charge is 0.448 e. The van der Waals surface area contributed by atoms with Crippen molar-refractivity contribution in [2.45, 2.75) is 26.8 Å². The van der Waals surface area contributed by atoms with Crippen molar-refractivity contribution in [2.24, 2.45) is 5.92 Å². The number of hydrogen-bond acceptors (Lipinski definition) is 3. The highest BCUT2D eigenvalue weighted by Gasteiger charge is 2.13. The number of halogens is 2. The van der Waals surface area contributed by atoms with Crippen molar-refractivity contribution >= 4 is 29.1 Å². The molecule has 6 heteroatoms. The molecule has 2 aromatic rings. The summed E-state index contributed by atoms with van der Waals surface area (Å²) in [4.78, 5) is 16.1. The second-order valence-corrected chi connectivity index (χ2v) is 5.97. The van der Waals surface area contributed by atoms with Gasteiger partial charge in [0.15, 0.2) is 11.6 Å². The van der Waals surface area contributed by atoms with Crippen molar-refractivity contribution in [1.29, 1.82) is 0 Å². The molecule has 21 heavy (non-hydrogen) atoms. The summed E-state index contributed by atoms with van der Waals surface area (Å²) < 4.78 is 5.27. The molecule has 1 aromatic heterocycles. The Labute approximate surface area is 133 Å². The van der Waals surface area contributed by atoms with Crippen LogP contribution in [-0.2, 0) is 13.0 Å². The molecule has 0 radical (unpaired) electrons. The Morgan fingerprint density at radius 1 is 1.33 bits per heavy atom. The maximum atomic E-state index is 12.0. The molecule has 0 bridgehead atoms. The highest BCUT2D eigenvalue weighted by Crippen LogP contribution is 2.22. The molecule has 112 valence electrons. The normalized spacial score (nSPS) is 10.9. The van der Waals surface area contributed by atoms with E-state index in [1.807, 2.05) is 6.07 Å². The SMILES string of the molecule is CC(C)Cc1nc(C(=O)NCc2ccc(Cl)c(Cl)c2)co1. The summed E-state index contributed by atoms with van der Waals surface area (Å²) in [5.74, 6) is 0.722. The monoisotopic (exact) mass is 326 g/mol. The topological polar surface area (TPSA) is 55.1 Å².